The molecule has 0 aliphatic carbocycles. The second-order valence-electron chi connectivity index (χ2n) is 5.36. The minimum atomic E-state index is -0.449. The van der Waals surface area contributed by atoms with Gasteiger partial charge in [0.25, 0.3) is 5.56 Å². The number of anilines is 2. The van der Waals surface area contributed by atoms with E-state index in [1.54, 1.807) is 32.3 Å². The zero-order valence-electron chi connectivity index (χ0n) is 12.9. The van der Waals surface area contributed by atoms with Gasteiger partial charge in [0.2, 0.25) is 0 Å². The number of nitrogens with zero attached hydrogens (tertiary/aromatic N) is 3. The molecule has 3 rings (SSSR count). The van der Waals surface area contributed by atoms with E-state index in [1.165, 1.54) is 23.7 Å². The van der Waals surface area contributed by atoms with Crippen LogP contribution < -0.4 is 16.6 Å². The van der Waals surface area contributed by atoms with E-state index >= 15 is 0 Å². The summed E-state index contributed by atoms with van der Waals surface area (Å²) in [6.07, 6.45) is 1.57. The minimum absolute atomic E-state index is 0.280. The van der Waals surface area contributed by atoms with Crippen LogP contribution in [0.1, 0.15) is 5.56 Å². The molecule has 3 aromatic rings. The van der Waals surface area contributed by atoms with E-state index in [0.29, 0.717) is 16.8 Å². The number of pyridine rings is 1. The lowest BCUT2D eigenvalue weighted by Crippen LogP contribution is -2.37. The smallest absolute Gasteiger partial charge is 0.332 e. The molecular weight excluding hydrogens is 299 g/mol. The van der Waals surface area contributed by atoms with Gasteiger partial charge in [-0.3, -0.25) is 13.9 Å². The van der Waals surface area contributed by atoms with Gasteiger partial charge >= 0.3 is 5.69 Å². The van der Waals surface area contributed by atoms with E-state index in [1.807, 2.05) is 0 Å². The predicted octanol–water partition coefficient (Wildman–Crippen LogP) is 1.82. The minimum Gasteiger partial charge on any atom is -0.354 e. The molecule has 7 heteroatoms. The van der Waals surface area contributed by atoms with Crippen LogP contribution in [-0.2, 0) is 14.1 Å². The monoisotopic (exact) mass is 314 g/mol. The van der Waals surface area contributed by atoms with Gasteiger partial charge in [-0.15, -0.1) is 0 Å². The molecule has 0 fully saturated rings. The number of aryl methyl sites for hydroxylation is 2. The van der Waals surface area contributed by atoms with Crippen molar-refractivity contribution in [1.82, 2.24) is 14.1 Å². The summed E-state index contributed by atoms with van der Waals surface area (Å²) < 4.78 is 15.7. The number of halogens is 1. The van der Waals surface area contributed by atoms with Gasteiger partial charge in [-0.25, -0.2) is 14.2 Å². The second kappa shape index (κ2) is 5.35. The maximum atomic E-state index is 13.4. The van der Waals surface area contributed by atoms with Crippen LogP contribution in [0.25, 0.3) is 11.0 Å². The third kappa shape index (κ3) is 2.40. The molecule has 0 saturated heterocycles. The Hall–Kier alpha value is -2.96. The SMILES string of the molecule is Cc1cnc2c(c1Nc1cccc(F)c1)c(=O)n(C)c(=O)n2C. The molecule has 0 saturated carbocycles. The fourth-order valence-corrected chi connectivity index (χ4v) is 2.49. The molecule has 0 spiro atoms. The van der Waals surface area contributed by atoms with Crippen molar-refractivity contribution in [1.29, 1.82) is 0 Å². The summed E-state index contributed by atoms with van der Waals surface area (Å²) in [5.74, 6) is -0.383. The van der Waals surface area contributed by atoms with Gasteiger partial charge < -0.3 is 5.32 Å². The van der Waals surface area contributed by atoms with Gasteiger partial charge in [0.05, 0.1) is 5.69 Å². The van der Waals surface area contributed by atoms with Crippen LogP contribution in [-0.4, -0.2) is 14.1 Å². The van der Waals surface area contributed by atoms with E-state index in [0.717, 1.165) is 10.1 Å². The first kappa shape index (κ1) is 15.0. The van der Waals surface area contributed by atoms with Crippen molar-refractivity contribution in [3.63, 3.8) is 0 Å². The molecule has 0 aliphatic heterocycles. The summed E-state index contributed by atoms with van der Waals surface area (Å²) in [5.41, 5.74) is 1.13. The van der Waals surface area contributed by atoms with E-state index in [9.17, 15) is 14.0 Å². The van der Waals surface area contributed by atoms with Crippen LogP contribution in [0.2, 0.25) is 0 Å². The summed E-state index contributed by atoms with van der Waals surface area (Å²) in [5, 5.41) is 3.35. The van der Waals surface area contributed by atoms with Crippen molar-refractivity contribution < 1.29 is 4.39 Å². The van der Waals surface area contributed by atoms with Gasteiger partial charge in [0, 0.05) is 26.0 Å². The molecule has 118 valence electrons. The maximum absolute atomic E-state index is 13.4. The quantitative estimate of drug-likeness (QED) is 0.783. The predicted molar refractivity (Wildman–Crippen MR) is 86.6 cm³/mol. The Morgan fingerprint density at radius 1 is 1.17 bits per heavy atom. The van der Waals surface area contributed by atoms with Gasteiger partial charge in [-0.1, -0.05) is 6.07 Å². The first-order chi connectivity index (χ1) is 10.9. The standard InChI is InChI=1S/C16H15FN4O2/c1-9-8-18-14-12(15(22)21(3)16(23)20(14)2)13(9)19-11-6-4-5-10(17)7-11/h4-8H,1-3H3,(H,18,19). The Labute approximate surface area is 130 Å². The highest BCUT2D eigenvalue weighted by Crippen LogP contribution is 2.25. The Balaban J connectivity index is 2.34. The molecular formula is C16H15FN4O2. The average Bonchev–Trinajstić information content (AvgIpc) is 2.52. The molecule has 2 heterocycles. The topological polar surface area (TPSA) is 68.9 Å². The molecule has 23 heavy (non-hydrogen) atoms. The van der Waals surface area contributed by atoms with Crippen molar-refractivity contribution in [3.8, 4) is 0 Å². The molecule has 2 aromatic heterocycles. The van der Waals surface area contributed by atoms with Gasteiger partial charge in [-0.2, -0.15) is 0 Å². The Bertz CT molecular complexity index is 1040. The summed E-state index contributed by atoms with van der Waals surface area (Å²) in [7, 11) is 2.97. The summed E-state index contributed by atoms with van der Waals surface area (Å²) in [4.78, 5) is 28.7. The average molecular weight is 314 g/mol. The fourth-order valence-electron chi connectivity index (χ4n) is 2.49. The van der Waals surface area contributed by atoms with E-state index in [2.05, 4.69) is 10.3 Å². The zero-order valence-corrected chi connectivity index (χ0v) is 12.9. The first-order valence-electron chi connectivity index (χ1n) is 6.98. The number of hydrogen-bond donors (Lipinski definition) is 1. The normalized spacial score (nSPS) is 11.0. The van der Waals surface area contributed by atoms with Crippen LogP contribution in [0.3, 0.4) is 0 Å². The number of fused-ring (bicyclic) bond motifs is 1. The zero-order chi connectivity index (χ0) is 16.7. The highest BCUT2D eigenvalue weighted by molar-refractivity contribution is 5.92. The molecule has 0 bridgehead atoms. The van der Waals surface area contributed by atoms with Gasteiger partial charge in [-0.05, 0) is 30.7 Å². The molecule has 1 N–H and O–H groups in total. The number of benzene rings is 1. The van der Waals surface area contributed by atoms with Crippen molar-refractivity contribution in [3.05, 3.63) is 62.7 Å². The molecule has 0 atom stereocenters. The molecule has 0 aliphatic rings. The number of rotatable bonds is 2. The van der Waals surface area contributed by atoms with Crippen molar-refractivity contribution in [2.75, 3.05) is 5.32 Å². The van der Waals surface area contributed by atoms with E-state index < -0.39 is 11.2 Å². The van der Waals surface area contributed by atoms with Gasteiger partial charge in [0.15, 0.2) is 5.65 Å². The van der Waals surface area contributed by atoms with Crippen LogP contribution >= 0.6 is 0 Å². The molecule has 0 amide bonds. The summed E-state index contributed by atoms with van der Waals surface area (Å²) in [6, 6.07) is 5.94. The van der Waals surface area contributed by atoms with E-state index in [-0.39, 0.29) is 11.5 Å². The highest BCUT2D eigenvalue weighted by atomic mass is 19.1. The number of nitrogens with one attached hydrogen (secondary N) is 1. The molecule has 1 aromatic carbocycles. The molecule has 0 radical (unpaired) electrons. The lowest BCUT2D eigenvalue weighted by molar-refractivity contribution is 0.628. The highest BCUT2D eigenvalue weighted by Gasteiger charge is 2.15. The summed E-state index contributed by atoms with van der Waals surface area (Å²) >= 11 is 0. The third-order valence-electron chi connectivity index (χ3n) is 3.75. The maximum Gasteiger partial charge on any atom is 0.332 e. The lowest BCUT2D eigenvalue weighted by atomic mass is 10.1. The van der Waals surface area contributed by atoms with Crippen molar-refractivity contribution >= 4 is 22.4 Å². The van der Waals surface area contributed by atoms with Crippen LogP contribution in [0, 0.1) is 12.7 Å². The van der Waals surface area contributed by atoms with Crippen LogP contribution in [0.15, 0.2) is 40.1 Å². The van der Waals surface area contributed by atoms with Gasteiger partial charge in [0.1, 0.15) is 11.2 Å². The van der Waals surface area contributed by atoms with E-state index in [4.69, 9.17) is 0 Å². The Morgan fingerprint density at radius 2 is 1.91 bits per heavy atom. The number of aromatic nitrogens is 3. The summed E-state index contributed by atoms with van der Waals surface area (Å²) in [6.45, 7) is 1.79. The van der Waals surface area contributed by atoms with Crippen molar-refractivity contribution in [2.45, 2.75) is 6.92 Å². The Kier molecular flexibility index (Phi) is 3.48. The fraction of sp³-hybridized carbons (Fsp3) is 0.188. The second-order valence-corrected chi connectivity index (χ2v) is 5.36. The Morgan fingerprint density at radius 3 is 2.61 bits per heavy atom. The number of hydrogen-bond acceptors (Lipinski definition) is 4. The third-order valence-corrected chi connectivity index (χ3v) is 3.75. The van der Waals surface area contributed by atoms with Crippen molar-refractivity contribution in [2.24, 2.45) is 14.1 Å². The molecule has 0 unspecified atom stereocenters. The first-order valence-corrected chi connectivity index (χ1v) is 6.98. The van der Waals surface area contributed by atoms with Crippen LogP contribution in [0.4, 0.5) is 15.8 Å². The lowest BCUT2D eigenvalue weighted by Gasteiger charge is -2.14. The largest absolute Gasteiger partial charge is 0.354 e. The van der Waals surface area contributed by atoms with Crippen LogP contribution in [0.5, 0.6) is 0 Å². The molecule has 6 nitrogen and oxygen atoms in total.